The largest absolute Gasteiger partial charge is 0.481 e. The molecule has 0 radical (unpaired) electrons. The van der Waals surface area contributed by atoms with Gasteiger partial charge in [0.1, 0.15) is 5.82 Å². The number of hydrogen-bond acceptors (Lipinski definition) is 3. The Morgan fingerprint density at radius 1 is 1.07 bits per heavy atom. The highest BCUT2D eigenvalue weighted by molar-refractivity contribution is 5.94. The van der Waals surface area contributed by atoms with Crippen LogP contribution in [0.25, 0.3) is 0 Å². The van der Waals surface area contributed by atoms with Crippen molar-refractivity contribution in [3.8, 4) is 11.8 Å². The molecular weight excluding hydrogens is 361 g/mol. The van der Waals surface area contributed by atoms with Crippen LogP contribution in [0.15, 0.2) is 48.5 Å². The van der Waals surface area contributed by atoms with E-state index in [0.717, 1.165) is 0 Å². The highest BCUT2D eigenvalue weighted by Gasteiger charge is 2.40. The van der Waals surface area contributed by atoms with Crippen molar-refractivity contribution in [1.82, 2.24) is 5.32 Å². The molecule has 1 saturated heterocycles. The lowest BCUT2D eigenvalue weighted by Crippen LogP contribution is -2.46. The third-order valence-electron chi connectivity index (χ3n) is 4.85. The molecule has 1 heterocycles. The van der Waals surface area contributed by atoms with Crippen molar-refractivity contribution in [1.29, 1.82) is 0 Å². The van der Waals surface area contributed by atoms with E-state index in [2.05, 4.69) is 17.2 Å². The van der Waals surface area contributed by atoms with Gasteiger partial charge in [-0.1, -0.05) is 24.0 Å². The predicted octanol–water partition coefficient (Wildman–Crippen LogP) is 2.84. The lowest BCUT2D eigenvalue weighted by molar-refractivity contribution is -0.154. The molecule has 1 aliphatic rings. The van der Waals surface area contributed by atoms with E-state index in [0.29, 0.717) is 42.7 Å². The molecule has 28 heavy (non-hydrogen) atoms. The SMILES string of the molecule is O=C(NCC1(C(=O)O)CCOCC1)c1ccc(C#Cc2ccccc2F)cc1. The minimum Gasteiger partial charge on any atom is -0.481 e. The van der Waals surface area contributed by atoms with E-state index < -0.39 is 11.4 Å². The van der Waals surface area contributed by atoms with Gasteiger partial charge in [0.2, 0.25) is 0 Å². The fourth-order valence-electron chi connectivity index (χ4n) is 2.99. The first-order chi connectivity index (χ1) is 13.5. The number of carbonyl (C=O) groups excluding carboxylic acids is 1. The van der Waals surface area contributed by atoms with Crippen LogP contribution in [0.5, 0.6) is 0 Å². The Morgan fingerprint density at radius 3 is 2.39 bits per heavy atom. The van der Waals surface area contributed by atoms with Crippen molar-refractivity contribution in [3.63, 3.8) is 0 Å². The Balaban J connectivity index is 1.64. The van der Waals surface area contributed by atoms with E-state index in [4.69, 9.17) is 4.74 Å². The molecule has 0 aliphatic carbocycles. The van der Waals surface area contributed by atoms with Crippen LogP contribution < -0.4 is 5.32 Å². The zero-order valence-corrected chi connectivity index (χ0v) is 15.2. The predicted molar refractivity (Wildman–Crippen MR) is 101 cm³/mol. The Kier molecular flexibility index (Phi) is 6.07. The number of aliphatic carboxylic acids is 1. The van der Waals surface area contributed by atoms with Gasteiger partial charge in [-0.3, -0.25) is 9.59 Å². The summed E-state index contributed by atoms with van der Waals surface area (Å²) in [6.07, 6.45) is 0.736. The van der Waals surface area contributed by atoms with E-state index >= 15 is 0 Å². The Labute approximate surface area is 162 Å². The molecule has 0 unspecified atom stereocenters. The molecular formula is C22H20FNO4. The topological polar surface area (TPSA) is 75.6 Å². The van der Waals surface area contributed by atoms with Gasteiger partial charge in [0.15, 0.2) is 0 Å². The minimum absolute atomic E-state index is 0.0549. The number of hydrogen-bond donors (Lipinski definition) is 2. The van der Waals surface area contributed by atoms with E-state index in [-0.39, 0.29) is 18.3 Å². The summed E-state index contributed by atoms with van der Waals surface area (Å²) in [5.74, 6) is 3.97. The van der Waals surface area contributed by atoms with Gasteiger partial charge in [-0.05, 0) is 49.2 Å². The van der Waals surface area contributed by atoms with Crippen molar-refractivity contribution in [2.75, 3.05) is 19.8 Å². The highest BCUT2D eigenvalue weighted by Crippen LogP contribution is 2.30. The van der Waals surface area contributed by atoms with Crippen LogP contribution >= 0.6 is 0 Å². The molecule has 2 N–H and O–H groups in total. The molecule has 2 aromatic carbocycles. The summed E-state index contributed by atoms with van der Waals surface area (Å²) in [5.41, 5.74) is 0.369. The van der Waals surface area contributed by atoms with Crippen LogP contribution in [0.2, 0.25) is 0 Å². The van der Waals surface area contributed by atoms with Crippen LogP contribution in [0.1, 0.15) is 34.3 Å². The van der Waals surface area contributed by atoms with Crippen molar-refractivity contribution in [2.24, 2.45) is 5.41 Å². The standard InChI is InChI=1S/C22H20FNO4/c23-19-4-2-1-3-17(19)8-5-16-6-9-18(10-7-16)20(25)24-15-22(21(26)27)11-13-28-14-12-22/h1-4,6-7,9-10H,11-15H2,(H,24,25)(H,26,27). The number of halogens is 1. The number of rotatable bonds is 4. The van der Waals surface area contributed by atoms with E-state index in [9.17, 15) is 19.1 Å². The quantitative estimate of drug-likeness (QED) is 0.799. The first-order valence-electron chi connectivity index (χ1n) is 8.96. The third kappa shape index (κ3) is 4.56. The fourth-order valence-corrected chi connectivity index (χ4v) is 2.99. The van der Waals surface area contributed by atoms with Crippen LogP contribution in [0.3, 0.4) is 0 Å². The molecule has 0 aromatic heterocycles. The summed E-state index contributed by atoms with van der Waals surface area (Å²) in [5, 5.41) is 12.2. The average molecular weight is 381 g/mol. The number of carbonyl (C=O) groups is 2. The maximum Gasteiger partial charge on any atom is 0.311 e. The van der Waals surface area contributed by atoms with Gasteiger partial charge in [0.25, 0.3) is 5.91 Å². The van der Waals surface area contributed by atoms with Crippen molar-refractivity contribution in [3.05, 3.63) is 71.0 Å². The summed E-state index contributed by atoms with van der Waals surface area (Å²) in [4.78, 5) is 24.0. The Bertz CT molecular complexity index is 922. The van der Waals surface area contributed by atoms with Crippen molar-refractivity contribution in [2.45, 2.75) is 12.8 Å². The molecule has 1 fully saturated rings. The molecule has 2 aromatic rings. The molecule has 6 heteroatoms. The number of carboxylic acids is 1. The Hall–Kier alpha value is -3.17. The molecule has 5 nitrogen and oxygen atoms in total. The first-order valence-corrected chi connectivity index (χ1v) is 8.96. The van der Waals surface area contributed by atoms with Gasteiger partial charge in [0.05, 0.1) is 11.0 Å². The van der Waals surface area contributed by atoms with Crippen molar-refractivity contribution >= 4 is 11.9 Å². The smallest absolute Gasteiger partial charge is 0.311 e. The normalized spacial score (nSPS) is 15.2. The lowest BCUT2D eigenvalue weighted by Gasteiger charge is -2.33. The maximum absolute atomic E-state index is 13.6. The van der Waals surface area contributed by atoms with Crippen molar-refractivity contribution < 1.29 is 23.8 Å². The van der Waals surface area contributed by atoms with Gasteiger partial charge in [-0.25, -0.2) is 4.39 Å². The second-order valence-corrected chi connectivity index (χ2v) is 6.69. The zero-order valence-electron chi connectivity index (χ0n) is 15.2. The first kappa shape index (κ1) is 19.6. The lowest BCUT2D eigenvalue weighted by atomic mass is 9.80. The number of nitrogens with one attached hydrogen (secondary N) is 1. The summed E-state index contributed by atoms with van der Waals surface area (Å²) in [6, 6.07) is 12.8. The summed E-state index contributed by atoms with van der Waals surface area (Å²) >= 11 is 0. The van der Waals surface area contributed by atoms with E-state index in [1.165, 1.54) is 6.07 Å². The molecule has 0 saturated carbocycles. The van der Waals surface area contributed by atoms with Crippen LogP contribution in [0, 0.1) is 23.1 Å². The van der Waals surface area contributed by atoms with Gasteiger partial charge < -0.3 is 15.2 Å². The van der Waals surface area contributed by atoms with Crippen LogP contribution in [-0.2, 0) is 9.53 Å². The minimum atomic E-state index is -0.987. The van der Waals surface area contributed by atoms with E-state index in [1.807, 2.05) is 0 Å². The molecule has 1 amide bonds. The molecule has 144 valence electrons. The third-order valence-corrected chi connectivity index (χ3v) is 4.85. The molecule has 0 bridgehead atoms. The van der Waals surface area contributed by atoms with Gasteiger partial charge in [-0.15, -0.1) is 0 Å². The van der Waals surface area contributed by atoms with Crippen LogP contribution in [-0.4, -0.2) is 36.7 Å². The monoisotopic (exact) mass is 381 g/mol. The zero-order chi connectivity index (χ0) is 20.0. The highest BCUT2D eigenvalue weighted by atomic mass is 19.1. The summed E-state index contributed by atoms with van der Waals surface area (Å²) < 4.78 is 18.8. The number of carboxylic acid groups (broad SMARTS) is 1. The van der Waals surface area contributed by atoms with Gasteiger partial charge in [-0.2, -0.15) is 0 Å². The summed E-state index contributed by atoms with van der Waals surface area (Å²) in [7, 11) is 0. The Morgan fingerprint density at radius 2 is 1.75 bits per heavy atom. The molecule has 0 atom stereocenters. The number of benzene rings is 2. The maximum atomic E-state index is 13.6. The number of ether oxygens (including phenoxy) is 1. The molecule has 1 aliphatic heterocycles. The number of amides is 1. The average Bonchev–Trinajstić information content (AvgIpc) is 2.72. The van der Waals surface area contributed by atoms with Gasteiger partial charge in [0, 0.05) is 30.9 Å². The molecule has 3 rings (SSSR count). The van der Waals surface area contributed by atoms with Crippen LogP contribution in [0.4, 0.5) is 4.39 Å². The molecule has 0 spiro atoms. The second kappa shape index (κ2) is 8.68. The fraction of sp³-hybridized carbons (Fsp3) is 0.273. The summed E-state index contributed by atoms with van der Waals surface area (Å²) in [6.45, 7) is 0.800. The van der Waals surface area contributed by atoms with E-state index in [1.54, 1.807) is 42.5 Å². The second-order valence-electron chi connectivity index (χ2n) is 6.69. The van der Waals surface area contributed by atoms with Gasteiger partial charge >= 0.3 is 5.97 Å².